The van der Waals surface area contributed by atoms with Gasteiger partial charge in [0.25, 0.3) is 0 Å². The van der Waals surface area contributed by atoms with E-state index in [1.165, 1.54) is 36.0 Å². The van der Waals surface area contributed by atoms with Crippen molar-refractivity contribution < 1.29 is 14.3 Å². The number of aryl methyl sites for hydroxylation is 3. The summed E-state index contributed by atoms with van der Waals surface area (Å²) >= 11 is 0. The summed E-state index contributed by atoms with van der Waals surface area (Å²) in [7, 11) is 3.26. The number of hydrogen-bond donors (Lipinski definition) is 1. The highest BCUT2D eigenvalue weighted by molar-refractivity contribution is 5.76. The van der Waals surface area contributed by atoms with Gasteiger partial charge in [0.1, 0.15) is 11.5 Å². The molecule has 1 N–H and O–H groups in total. The van der Waals surface area contributed by atoms with E-state index in [1.54, 1.807) is 14.2 Å². The normalized spacial score (nSPS) is 14.2. The Hall–Kier alpha value is -2.49. The van der Waals surface area contributed by atoms with Crippen LogP contribution in [-0.2, 0) is 24.1 Å². The number of rotatable bonds is 7. The molecule has 0 bridgehead atoms. The fraction of sp³-hybridized carbons (Fsp3) is 0.435. The van der Waals surface area contributed by atoms with Gasteiger partial charge < -0.3 is 14.8 Å². The zero-order valence-corrected chi connectivity index (χ0v) is 16.5. The maximum atomic E-state index is 12.4. The lowest BCUT2D eigenvalue weighted by atomic mass is 9.89. The lowest BCUT2D eigenvalue weighted by molar-refractivity contribution is -0.121. The number of carbonyl (C=O) groups is 1. The van der Waals surface area contributed by atoms with E-state index in [0.29, 0.717) is 12.8 Å². The van der Waals surface area contributed by atoms with Gasteiger partial charge in [-0.1, -0.05) is 18.2 Å². The molecule has 0 spiro atoms. The summed E-state index contributed by atoms with van der Waals surface area (Å²) in [6.45, 7) is 2.05. The summed E-state index contributed by atoms with van der Waals surface area (Å²) in [4.78, 5) is 12.4. The first kappa shape index (κ1) is 19.3. The van der Waals surface area contributed by atoms with E-state index in [0.717, 1.165) is 23.5 Å². The van der Waals surface area contributed by atoms with Crippen LogP contribution in [-0.4, -0.2) is 20.1 Å². The third kappa shape index (κ3) is 5.03. The Morgan fingerprint density at radius 1 is 1.00 bits per heavy atom. The maximum absolute atomic E-state index is 12.4. The topological polar surface area (TPSA) is 47.6 Å². The summed E-state index contributed by atoms with van der Waals surface area (Å²) < 4.78 is 10.6. The summed E-state index contributed by atoms with van der Waals surface area (Å²) in [5.74, 6) is 1.54. The van der Waals surface area contributed by atoms with Crippen LogP contribution in [0, 0.1) is 0 Å². The van der Waals surface area contributed by atoms with Crippen LogP contribution in [0.5, 0.6) is 11.5 Å². The van der Waals surface area contributed by atoms with Crippen LogP contribution in [0.3, 0.4) is 0 Å². The second-order valence-electron chi connectivity index (χ2n) is 7.25. The molecule has 0 saturated carbocycles. The smallest absolute Gasteiger partial charge is 0.220 e. The van der Waals surface area contributed by atoms with Crippen molar-refractivity contribution in [3.63, 3.8) is 0 Å². The molecule has 144 valence electrons. The van der Waals surface area contributed by atoms with Crippen molar-refractivity contribution in [2.24, 2.45) is 0 Å². The summed E-state index contributed by atoms with van der Waals surface area (Å²) in [5.41, 5.74) is 5.13. The number of methoxy groups -OCH3 is 2. The molecule has 0 saturated heterocycles. The van der Waals surface area contributed by atoms with Crippen molar-refractivity contribution in [1.82, 2.24) is 5.32 Å². The fourth-order valence-corrected chi connectivity index (χ4v) is 3.69. The van der Waals surface area contributed by atoms with Crippen LogP contribution in [0.2, 0.25) is 0 Å². The molecule has 27 heavy (non-hydrogen) atoms. The van der Waals surface area contributed by atoms with Crippen molar-refractivity contribution in [3.05, 3.63) is 58.7 Å². The van der Waals surface area contributed by atoms with Crippen molar-refractivity contribution in [3.8, 4) is 11.5 Å². The Balaban J connectivity index is 1.57. The van der Waals surface area contributed by atoms with Gasteiger partial charge in [-0.15, -0.1) is 0 Å². The monoisotopic (exact) mass is 367 g/mol. The minimum Gasteiger partial charge on any atom is -0.497 e. The molecule has 1 aliphatic carbocycles. The Morgan fingerprint density at radius 2 is 1.67 bits per heavy atom. The lowest BCUT2D eigenvalue weighted by Gasteiger charge is -2.20. The van der Waals surface area contributed by atoms with E-state index in [2.05, 4.69) is 30.4 Å². The third-order valence-electron chi connectivity index (χ3n) is 5.30. The van der Waals surface area contributed by atoms with Gasteiger partial charge in [0.15, 0.2) is 0 Å². The van der Waals surface area contributed by atoms with Crippen molar-refractivity contribution >= 4 is 5.91 Å². The largest absolute Gasteiger partial charge is 0.497 e. The Labute approximate surface area is 161 Å². The molecule has 0 aliphatic heterocycles. The Bertz CT molecular complexity index is 778. The summed E-state index contributed by atoms with van der Waals surface area (Å²) in [6, 6.07) is 12.4. The third-order valence-corrected chi connectivity index (χ3v) is 5.30. The Morgan fingerprint density at radius 3 is 2.33 bits per heavy atom. The molecule has 4 heteroatoms. The molecule has 1 atom stereocenters. The van der Waals surface area contributed by atoms with Gasteiger partial charge in [-0.3, -0.25) is 4.79 Å². The van der Waals surface area contributed by atoms with Gasteiger partial charge in [-0.25, -0.2) is 0 Å². The van der Waals surface area contributed by atoms with E-state index >= 15 is 0 Å². The highest BCUT2D eigenvalue weighted by Crippen LogP contribution is 2.25. The van der Waals surface area contributed by atoms with Gasteiger partial charge in [0.05, 0.1) is 20.3 Å². The number of amides is 1. The molecule has 2 aromatic carbocycles. The molecule has 0 fully saturated rings. The van der Waals surface area contributed by atoms with Crippen LogP contribution < -0.4 is 14.8 Å². The number of hydrogen-bond acceptors (Lipinski definition) is 3. The molecular formula is C23H29NO3. The standard InChI is InChI=1S/C23H29NO3/c1-16(19-10-9-18-6-4-5-7-20(18)14-19)24-23(25)11-8-17-12-21(26-2)15-22(13-17)27-3/h9-10,12-16H,4-8,11H2,1-3H3,(H,24,25). The van der Waals surface area contributed by atoms with Crippen molar-refractivity contribution in [2.45, 2.75) is 51.5 Å². The predicted molar refractivity (Wildman–Crippen MR) is 108 cm³/mol. The average Bonchev–Trinajstić information content (AvgIpc) is 2.71. The zero-order valence-electron chi connectivity index (χ0n) is 16.5. The molecule has 0 heterocycles. The molecule has 0 aromatic heterocycles. The van der Waals surface area contributed by atoms with E-state index in [-0.39, 0.29) is 11.9 Å². The molecule has 4 nitrogen and oxygen atoms in total. The number of carbonyl (C=O) groups excluding carboxylic acids is 1. The summed E-state index contributed by atoms with van der Waals surface area (Å²) in [5, 5.41) is 3.13. The highest BCUT2D eigenvalue weighted by Gasteiger charge is 2.14. The highest BCUT2D eigenvalue weighted by atomic mass is 16.5. The van der Waals surface area contributed by atoms with Gasteiger partial charge >= 0.3 is 0 Å². The summed E-state index contributed by atoms with van der Waals surface area (Å²) in [6.07, 6.45) is 5.97. The van der Waals surface area contributed by atoms with E-state index in [1.807, 2.05) is 18.2 Å². The van der Waals surface area contributed by atoms with E-state index < -0.39 is 0 Å². The molecule has 0 radical (unpaired) electrons. The minimum absolute atomic E-state index is 0.0181. The molecule has 3 rings (SSSR count). The number of benzene rings is 2. The second-order valence-corrected chi connectivity index (χ2v) is 7.25. The second kappa shape index (κ2) is 8.94. The average molecular weight is 367 g/mol. The number of ether oxygens (including phenoxy) is 2. The molecule has 1 aliphatic rings. The van der Waals surface area contributed by atoms with Gasteiger partial charge in [-0.05, 0) is 73.4 Å². The van der Waals surface area contributed by atoms with Crippen molar-refractivity contribution in [1.29, 1.82) is 0 Å². The van der Waals surface area contributed by atoms with Crippen LogP contribution in [0.15, 0.2) is 36.4 Å². The van der Waals surface area contributed by atoms with E-state index in [4.69, 9.17) is 9.47 Å². The lowest BCUT2D eigenvalue weighted by Crippen LogP contribution is -2.27. The predicted octanol–water partition coefficient (Wildman–Crippen LogP) is 4.39. The minimum atomic E-state index is 0.0181. The first-order valence-electron chi connectivity index (χ1n) is 9.72. The van der Waals surface area contributed by atoms with Gasteiger partial charge in [0, 0.05) is 12.5 Å². The molecule has 2 aromatic rings. The quantitative estimate of drug-likeness (QED) is 0.789. The zero-order chi connectivity index (χ0) is 19.2. The van der Waals surface area contributed by atoms with Crippen LogP contribution >= 0.6 is 0 Å². The van der Waals surface area contributed by atoms with Crippen molar-refractivity contribution in [2.75, 3.05) is 14.2 Å². The van der Waals surface area contributed by atoms with Crippen LogP contribution in [0.1, 0.15) is 54.5 Å². The first-order chi connectivity index (χ1) is 13.1. The maximum Gasteiger partial charge on any atom is 0.220 e. The molecule has 1 amide bonds. The fourth-order valence-electron chi connectivity index (χ4n) is 3.69. The molecule has 1 unspecified atom stereocenters. The van der Waals surface area contributed by atoms with Gasteiger partial charge in [-0.2, -0.15) is 0 Å². The first-order valence-corrected chi connectivity index (χ1v) is 9.72. The van der Waals surface area contributed by atoms with Gasteiger partial charge in [0.2, 0.25) is 5.91 Å². The number of nitrogens with one attached hydrogen (secondary N) is 1. The van der Waals surface area contributed by atoms with Crippen LogP contribution in [0.25, 0.3) is 0 Å². The van der Waals surface area contributed by atoms with Crippen LogP contribution in [0.4, 0.5) is 0 Å². The van der Waals surface area contributed by atoms with E-state index in [9.17, 15) is 4.79 Å². The number of fused-ring (bicyclic) bond motifs is 1. The Kier molecular flexibility index (Phi) is 6.38. The molecular weight excluding hydrogens is 338 g/mol. The SMILES string of the molecule is COc1cc(CCC(=O)NC(C)c2ccc3c(c2)CCCC3)cc(OC)c1.